The minimum atomic E-state index is -0.294. The molecule has 0 radical (unpaired) electrons. The molecular formula is C16H22BrFO. The molecule has 0 heterocycles. The van der Waals surface area contributed by atoms with Crippen molar-refractivity contribution in [2.75, 3.05) is 0 Å². The molecule has 1 rings (SSSR count). The van der Waals surface area contributed by atoms with Crippen molar-refractivity contribution in [1.82, 2.24) is 0 Å². The van der Waals surface area contributed by atoms with E-state index in [9.17, 15) is 9.18 Å². The van der Waals surface area contributed by atoms with Crippen LogP contribution in [0.25, 0.3) is 0 Å². The van der Waals surface area contributed by atoms with Gasteiger partial charge in [0, 0.05) is 12.8 Å². The van der Waals surface area contributed by atoms with Crippen LogP contribution in [0.1, 0.15) is 46.1 Å². The van der Waals surface area contributed by atoms with E-state index in [1.165, 1.54) is 6.07 Å². The SMILES string of the molecule is CC(CC(=O)Cc1ccc(F)c(Br)c1)CC(C)(C)C. The first-order valence-corrected chi connectivity index (χ1v) is 7.42. The van der Waals surface area contributed by atoms with Crippen molar-refractivity contribution in [3.05, 3.63) is 34.1 Å². The van der Waals surface area contributed by atoms with Crippen molar-refractivity contribution in [2.24, 2.45) is 11.3 Å². The van der Waals surface area contributed by atoms with Crippen molar-refractivity contribution in [3.8, 4) is 0 Å². The molecule has 19 heavy (non-hydrogen) atoms. The summed E-state index contributed by atoms with van der Waals surface area (Å²) in [6.45, 7) is 8.67. The molecule has 0 saturated carbocycles. The lowest BCUT2D eigenvalue weighted by Crippen LogP contribution is -2.15. The van der Waals surface area contributed by atoms with Crippen LogP contribution in [0, 0.1) is 17.2 Å². The number of carbonyl (C=O) groups excluding carboxylic acids is 1. The molecule has 0 saturated heterocycles. The molecule has 0 bridgehead atoms. The lowest BCUT2D eigenvalue weighted by molar-refractivity contribution is -0.119. The average molecular weight is 329 g/mol. The Hall–Kier alpha value is -0.700. The number of rotatable bonds is 5. The highest BCUT2D eigenvalue weighted by Crippen LogP contribution is 2.26. The zero-order valence-corrected chi connectivity index (χ0v) is 13.7. The molecule has 0 spiro atoms. The summed E-state index contributed by atoms with van der Waals surface area (Å²) in [5.74, 6) is 0.309. The second kappa shape index (κ2) is 6.65. The molecule has 106 valence electrons. The molecule has 1 atom stereocenters. The predicted molar refractivity (Wildman–Crippen MR) is 80.7 cm³/mol. The Balaban J connectivity index is 2.53. The standard InChI is InChI=1S/C16H22BrFO/c1-11(10-16(2,3)4)7-13(19)8-12-5-6-15(18)14(17)9-12/h5-6,9,11H,7-8,10H2,1-4H3. The maximum atomic E-state index is 13.1. The summed E-state index contributed by atoms with van der Waals surface area (Å²) in [5.41, 5.74) is 1.11. The number of carbonyl (C=O) groups is 1. The van der Waals surface area contributed by atoms with Gasteiger partial charge >= 0.3 is 0 Å². The molecule has 0 N–H and O–H groups in total. The molecule has 1 aromatic carbocycles. The zero-order chi connectivity index (χ0) is 14.6. The fraction of sp³-hybridized carbons (Fsp3) is 0.562. The van der Waals surface area contributed by atoms with Crippen molar-refractivity contribution in [1.29, 1.82) is 0 Å². The lowest BCUT2D eigenvalue weighted by Gasteiger charge is -2.22. The first-order chi connectivity index (χ1) is 8.67. The van der Waals surface area contributed by atoms with E-state index in [2.05, 4.69) is 43.6 Å². The van der Waals surface area contributed by atoms with Crippen LogP contribution in [-0.2, 0) is 11.2 Å². The van der Waals surface area contributed by atoms with E-state index in [1.54, 1.807) is 12.1 Å². The lowest BCUT2D eigenvalue weighted by atomic mass is 9.83. The average Bonchev–Trinajstić information content (AvgIpc) is 2.20. The molecular weight excluding hydrogens is 307 g/mol. The summed E-state index contributed by atoms with van der Waals surface area (Å²) in [7, 11) is 0. The van der Waals surface area contributed by atoms with Gasteiger partial charge in [0.2, 0.25) is 0 Å². The number of hydrogen-bond acceptors (Lipinski definition) is 1. The van der Waals surface area contributed by atoms with Gasteiger partial charge in [-0.3, -0.25) is 4.79 Å². The van der Waals surface area contributed by atoms with Crippen LogP contribution < -0.4 is 0 Å². The molecule has 0 amide bonds. The minimum Gasteiger partial charge on any atom is -0.299 e. The van der Waals surface area contributed by atoms with Crippen LogP contribution in [0.5, 0.6) is 0 Å². The van der Waals surface area contributed by atoms with Crippen molar-refractivity contribution < 1.29 is 9.18 Å². The van der Waals surface area contributed by atoms with Crippen LogP contribution in [0.3, 0.4) is 0 Å². The Morgan fingerprint density at radius 3 is 2.53 bits per heavy atom. The maximum absolute atomic E-state index is 13.1. The fourth-order valence-corrected chi connectivity index (χ4v) is 2.88. The summed E-state index contributed by atoms with van der Waals surface area (Å²) in [6, 6.07) is 4.75. The molecule has 0 aromatic heterocycles. The van der Waals surface area contributed by atoms with Gasteiger partial charge in [-0.25, -0.2) is 4.39 Å². The van der Waals surface area contributed by atoms with E-state index in [4.69, 9.17) is 0 Å². The second-order valence-corrected chi connectivity index (χ2v) is 7.39. The summed E-state index contributed by atoms with van der Waals surface area (Å²) < 4.78 is 13.5. The molecule has 3 heteroatoms. The number of Topliss-reactive ketones (excluding diaryl/α,β-unsaturated/α-hetero) is 1. The van der Waals surface area contributed by atoms with E-state index in [-0.39, 0.29) is 17.0 Å². The molecule has 0 aliphatic heterocycles. The normalized spacial score (nSPS) is 13.4. The van der Waals surface area contributed by atoms with Crippen LogP contribution >= 0.6 is 15.9 Å². The molecule has 0 aliphatic carbocycles. The number of hydrogen-bond donors (Lipinski definition) is 0. The number of halogens is 2. The zero-order valence-electron chi connectivity index (χ0n) is 12.1. The number of benzene rings is 1. The highest BCUT2D eigenvalue weighted by Gasteiger charge is 2.18. The molecule has 0 fully saturated rings. The van der Waals surface area contributed by atoms with Gasteiger partial charge in [-0.2, -0.15) is 0 Å². The van der Waals surface area contributed by atoms with Gasteiger partial charge in [0.25, 0.3) is 0 Å². The van der Waals surface area contributed by atoms with E-state index in [0.29, 0.717) is 23.2 Å². The van der Waals surface area contributed by atoms with E-state index in [0.717, 1.165) is 12.0 Å². The summed E-state index contributed by atoms with van der Waals surface area (Å²) >= 11 is 3.14. The molecule has 1 nitrogen and oxygen atoms in total. The van der Waals surface area contributed by atoms with Crippen LogP contribution in [0.15, 0.2) is 22.7 Å². The largest absolute Gasteiger partial charge is 0.299 e. The van der Waals surface area contributed by atoms with Gasteiger partial charge in [-0.1, -0.05) is 33.8 Å². The van der Waals surface area contributed by atoms with Crippen LogP contribution in [0.2, 0.25) is 0 Å². The predicted octanol–water partition coefficient (Wildman–Crippen LogP) is 5.16. The third-order valence-electron chi connectivity index (χ3n) is 2.92. The Labute approximate surface area is 123 Å². The molecule has 0 aliphatic rings. The highest BCUT2D eigenvalue weighted by atomic mass is 79.9. The maximum Gasteiger partial charge on any atom is 0.137 e. The Morgan fingerprint density at radius 2 is 2.00 bits per heavy atom. The number of ketones is 1. The summed E-state index contributed by atoms with van der Waals surface area (Å²) in [6.07, 6.45) is 2.01. The fourth-order valence-electron chi connectivity index (χ4n) is 2.46. The van der Waals surface area contributed by atoms with Gasteiger partial charge in [0.1, 0.15) is 11.6 Å². The minimum absolute atomic E-state index is 0.218. The van der Waals surface area contributed by atoms with Crippen molar-refractivity contribution in [2.45, 2.75) is 47.0 Å². The van der Waals surface area contributed by atoms with E-state index >= 15 is 0 Å². The van der Waals surface area contributed by atoms with Crippen molar-refractivity contribution in [3.63, 3.8) is 0 Å². The Bertz CT molecular complexity index is 449. The topological polar surface area (TPSA) is 17.1 Å². The monoisotopic (exact) mass is 328 g/mol. The second-order valence-electron chi connectivity index (χ2n) is 6.54. The van der Waals surface area contributed by atoms with E-state index < -0.39 is 0 Å². The first kappa shape index (κ1) is 16.4. The van der Waals surface area contributed by atoms with E-state index in [1.807, 2.05) is 0 Å². The van der Waals surface area contributed by atoms with Crippen LogP contribution in [-0.4, -0.2) is 5.78 Å². The van der Waals surface area contributed by atoms with Gasteiger partial charge < -0.3 is 0 Å². The summed E-state index contributed by atoms with van der Waals surface area (Å²) in [4.78, 5) is 12.0. The van der Waals surface area contributed by atoms with Crippen LogP contribution in [0.4, 0.5) is 4.39 Å². The molecule has 1 aromatic rings. The Kier molecular flexibility index (Phi) is 5.72. The third kappa shape index (κ3) is 6.33. The smallest absolute Gasteiger partial charge is 0.137 e. The molecule has 1 unspecified atom stereocenters. The highest BCUT2D eigenvalue weighted by molar-refractivity contribution is 9.10. The quantitative estimate of drug-likeness (QED) is 0.729. The first-order valence-electron chi connectivity index (χ1n) is 6.63. The third-order valence-corrected chi connectivity index (χ3v) is 3.53. The van der Waals surface area contributed by atoms with Gasteiger partial charge in [-0.05, 0) is 51.4 Å². The summed E-state index contributed by atoms with van der Waals surface area (Å²) in [5, 5.41) is 0. The van der Waals surface area contributed by atoms with Gasteiger partial charge in [-0.15, -0.1) is 0 Å². The Morgan fingerprint density at radius 1 is 1.37 bits per heavy atom. The van der Waals surface area contributed by atoms with Gasteiger partial charge in [0.05, 0.1) is 4.47 Å². The van der Waals surface area contributed by atoms with Crippen molar-refractivity contribution >= 4 is 21.7 Å². The van der Waals surface area contributed by atoms with Gasteiger partial charge in [0.15, 0.2) is 0 Å².